The number of nitrogens with two attached hydrogens (primary N) is 1. The van der Waals surface area contributed by atoms with Gasteiger partial charge < -0.3 is 5.73 Å². The molecule has 0 saturated heterocycles. The lowest BCUT2D eigenvalue weighted by Gasteiger charge is -2.08. The van der Waals surface area contributed by atoms with Crippen LogP contribution in [0.1, 0.15) is 4.88 Å². The van der Waals surface area contributed by atoms with Crippen molar-refractivity contribution in [3.63, 3.8) is 0 Å². The Labute approximate surface area is 114 Å². The summed E-state index contributed by atoms with van der Waals surface area (Å²) in [5.74, 6) is 0. The summed E-state index contributed by atoms with van der Waals surface area (Å²) in [4.78, 5) is 4.67. The molecule has 2 aromatic rings. The Kier molecular flexibility index (Phi) is 3.86. The van der Waals surface area contributed by atoms with Gasteiger partial charge in [-0.25, -0.2) is 13.1 Å². The highest BCUT2D eigenvalue weighted by Gasteiger charge is 2.17. The largest absolute Gasteiger partial charge is 0.398 e. The molecule has 8 heteroatoms. The number of aromatic nitrogens is 1. The van der Waals surface area contributed by atoms with Crippen LogP contribution in [0.2, 0.25) is 5.02 Å². The highest BCUT2D eigenvalue weighted by molar-refractivity contribution is 7.89. The van der Waals surface area contributed by atoms with E-state index in [9.17, 15) is 8.42 Å². The first-order chi connectivity index (χ1) is 8.49. The lowest BCUT2D eigenvalue weighted by atomic mass is 10.3. The van der Waals surface area contributed by atoms with E-state index in [1.165, 1.54) is 23.5 Å². The summed E-state index contributed by atoms with van der Waals surface area (Å²) in [7, 11) is -3.67. The van der Waals surface area contributed by atoms with E-state index in [0.717, 1.165) is 4.88 Å². The van der Waals surface area contributed by atoms with Gasteiger partial charge in [0.2, 0.25) is 10.0 Å². The Morgan fingerprint density at radius 3 is 2.89 bits per heavy atom. The van der Waals surface area contributed by atoms with E-state index in [-0.39, 0.29) is 17.1 Å². The number of hydrogen-bond acceptors (Lipinski definition) is 5. The minimum Gasteiger partial charge on any atom is -0.398 e. The number of rotatable bonds is 4. The molecule has 2 rings (SSSR count). The van der Waals surface area contributed by atoms with Crippen LogP contribution in [0.4, 0.5) is 5.69 Å². The molecule has 0 atom stereocenters. The van der Waals surface area contributed by atoms with Crippen molar-refractivity contribution in [1.29, 1.82) is 0 Å². The number of nitrogen functional groups attached to an aromatic ring is 1. The first-order valence-corrected chi connectivity index (χ1v) is 7.65. The molecule has 0 amide bonds. The molecule has 5 nitrogen and oxygen atoms in total. The van der Waals surface area contributed by atoms with Crippen molar-refractivity contribution < 1.29 is 8.42 Å². The Morgan fingerprint density at radius 2 is 2.22 bits per heavy atom. The summed E-state index contributed by atoms with van der Waals surface area (Å²) < 4.78 is 26.5. The number of hydrogen-bond donors (Lipinski definition) is 2. The molecule has 1 aromatic carbocycles. The SMILES string of the molecule is Nc1ccc(Cl)cc1S(=O)(=O)NCc1cncs1. The molecular formula is C10H10ClN3O2S2. The summed E-state index contributed by atoms with van der Waals surface area (Å²) in [5.41, 5.74) is 7.44. The van der Waals surface area contributed by atoms with Crippen LogP contribution in [-0.4, -0.2) is 13.4 Å². The average molecular weight is 304 g/mol. The van der Waals surface area contributed by atoms with Crippen molar-refractivity contribution in [2.75, 3.05) is 5.73 Å². The van der Waals surface area contributed by atoms with Crippen LogP contribution in [0.5, 0.6) is 0 Å². The average Bonchev–Trinajstić information content (AvgIpc) is 2.83. The van der Waals surface area contributed by atoms with E-state index in [1.54, 1.807) is 17.8 Å². The molecule has 3 N–H and O–H groups in total. The molecule has 0 bridgehead atoms. The van der Waals surface area contributed by atoms with Crippen LogP contribution < -0.4 is 10.5 Å². The van der Waals surface area contributed by atoms with Crippen molar-refractivity contribution in [3.05, 3.63) is 39.8 Å². The van der Waals surface area contributed by atoms with Gasteiger partial charge in [0.25, 0.3) is 0 Å². The molecule has 1 heterocycles. The van der Waals surface area contributed by atoms with E-state index in [0.29, 0.717) is 5.02 Å². The van der Waals surface area contributed by atoms with Crippen LogP contribution in [0, 0.1) is 0 Å². The minimum absolute atomic E-state index is 0.0143. The molecule has 0 aliphatic rings. The summed E-state index contributed by atoms with van der Waals surface area (Å²) in [6.07, 6.45) is 1.61. The second-order valence-corrected chi connectivity index (χ2v) is 6.62. The number of nitrogens with one attached hydrogen (secondary N) is 1. The number of benzene rings is 1. The van der Waals surface area contributed by atoms with Crippen LogP contribution >= 0.6 is 22.9 Å². The van der Waals surface area contributed by atoms with Crippen molar-refractivity contribution in [1.82, 2.24) is 9.71 Å². The fourth-order valence-electron chi connectivity index (χ4n) is 1.31. The first kappa shape index (κ1) is 13.3. The zero-order valence-corrected chi connectivity index (χ0v) is 11.5. The number of nitrogens with zero attached hydrogens (tertiary/aromatic N) is 1. The van der Waals surface area contributed by atoms with Crippen LogP contribution in [-0.2, 0) is 16.6 Å². The summed E-state index contributed by atoms with van der Waals surface area (Å²) in [6, 6.07) is 4.33. The molecule has 0 radical (unpaired) electrons. The van der Waals surface area contributed by atoms with Gasteiger partial charge in [0.05, 0.1) is 11.2 Å². The molecule has 0 aliphatic carbocycles. The molecule has 0 aliphatic heterocycles. The first-order valence-electron chi connectivity index (χ1n) is 4.91. The molecular weight excluding hydrogens is 294 g/mol. The van der Waals surface area contributed by atoms with E-state index in [2.05, 4.69) is 9.71 Å². The van der Waals surface area contributed by atoms with Crippen LogP contribution in [0.3, 0.4) is 0 Å². The van der Waals surface area contributed by atoms with Gasteiger partial charge in [-0.1, -0.05) is 11.6 Å². The third-order valence-electron chi connectivity index (χ3n) is 2.19. The minimum atomic E-state index is -3.67. The van der Waals surface area contributed by atoms with E-state index < -0.39 is 10.0 Å². The Hall–Kier alpha value is -1.15. The van der Waals surface area contributed by atoms with E-state index in [1.807, 2.05) is 0 Å². The summed E-state index contributed by atoms with van der Waals surface area (Å²) >= 11 is 7.14. The number of sulfonamides is 1. The molecule has 18 heavy (non-hydrogen) atoms. The zero-order chi connectivity index (χ0) is 13.2. The fourth-order valence-corrected chi connectivity index (χ4v) is 3.34. The van der Waals surface area contributed by atoms with Crippen molar-refractivity contribution >= 4 is 38.6 Å². The summed E-state index contributed by atoms with van der Waals surface area (Å²) in [5, 5.41) is 0.322. The predicted octanol–water partition coefficient (Wildman–Crippen LogP) is 1.86. The van der Waals surface area contributed by atoms with Gasteiger partial charge in [0.15, 0.2) is 0 Å². The zero-order valence-electron chi connectivity index (χ0n) is 9.13. The van der Waals surface area contributed by atoms with E-state index in [4.69, 9.17) is 17.3 Å². The highest BCUT2D eigenvalue weighted by Crippen LogP contribution is 2.22. The molecule has 0 unspecified atom stereocenters. The maximum Gasteiger partial charge on any atom is 0.242 e. The van der Waals surface area contributed by atoms with Gasteiger partial charge in [0.1, 0.15) is 4.90 Å². The van der Waals surface area contributed by atoms with Crippen molar-refractivity contribution in [2.24, 2.45) is 0 Å². The van der Waals surface area contributed by atoms with Crippen molar-refractivity contribution in [2.45, 2.75) is 11.4 Å². The lowest BCUT2D eigenvalue weighted by Crippen LogP contribution is -2.23. The molecule has 0 spiro atoms. The third-order valence-corrected chi connectivity index (χ3v) is 4.66. The van der Waals surface area contributed by atoms with Gasteiger partial charge in [-0.05, 0) is 18.2 Å². The third kappa shape index (κ3) is 2.99. The Balaban J connectivity index is 2.22. The van der Waals surface area contributed by atoms with Crippen LogP contribution in [0.15, 0.2) is 34.8 Å². The second kappa shape index (κ2) is 5.23. The molecule has 1 aromatic heterocycles. The number of halogens is 1. The monoisotopic (exact) mass is 303 g/mol. The Morgan fingerprint density at radius 1 is 1.44 bits per heavy atom. The topological polar surface area (TPSA) is 85.1 Å². The quantitative estimate of drug-likeness (QED) is 0.844. The molecule has 0 fully saturated rings. The lowest BCUT2D eigenvalue weighted by molar-refractivity contribution is 0.582. The van der Waals surface area contributed by atoms with Gasteiger partial charge in [-0.15, -0.1) is 11.3 Å². The number of thiazole rings is 1. The van der Waals surface area contributed by atoms with Crippen LogP contribution in [0.25, 0.3) is 0 Å². The predicted molar refractivity (Wildman–Crippen MR) is 72.0 cm³/mol. The molecule has 96 valence electrons. The Bertz CT molecular complexity index is 641. The fraction of sp³-hybridized carbons (Fsp3) is 0.100. The van der Waals surface area contributed by atoms with E-state index >= 15 is 0 Å². The van der Waals surface area contributed by atoms with Gasteiger partial charge >= 0.3 is 0 Å². The van der Waals surface area contributed by atoms with Gasteiger partial charge in [-0.2, -0.15) is 0 Å². The maximum absolute atomic E-state index is 12.0. The summed E-state index contributed by atoms with van der Waals surface area (Å²) in [6.45, 7) is 0.180. The van der Waals surface area contributed by atoms with Crippen molar-refractivity contribution in [3.8, 4) is 0 Å². The normalized spacial score (nSPS) is 11.6. The molecule has 0 saturated carbocycles. The highest BCUT2D eigenvalue weighted by atomic mass is 35.5. The second-order valence-electron chi connectivity index (χ2n) is 3.47. The standard InChI is InChI=1S/C10H10ClN3O2S2/c11-7-1-2-9(12)10(3-7)18(15,16)14-5-8-4-13-6-17-8/h1-4,6,14H,5,12H2. The number of anilines is 1. The van der Waals surface area contributed by atoms with Gasteiger partial charge in [0, 0.05) is 22.6 Å². The smallest absolute Gasteiger partial charge is 0.242 e. The maximum atomic E-state index is 12.0. The van der Waals surface area contributed by atoms with Gasteiger partial charge in [-0.3, -0.25) is 4.98 Å².